The summed E-state index contributed by atoms with van der Waals surface area (Å²) in [6, 6.07) is 15.6. The fourth-order valence-corrected chi connectivity index (χ4v) is 5.66. The minimum Gasteiger partial charge on any atom is -0.284 e. The first kappa shape index (κ1) is 23.8. The Morgan fingerprint density at radius 1 is 0.941 bits per heavy atom. The molecule has 0 amide bonds. The maximum Gasteiger partial charge on any atom is 0.279 e. The van der Waals surface area contributed by atoms with E-state index in [1.807, 2.05) is 0 Å². The second-order valence-corrected chi connectivity index (χ2v) is 11.4. The zero-order chi connectivity index (χ0) is 24.5. The molecule has 1 heterocycles. The molecule has 7 nitrogen and oxygen atoms in total. The number of nitrogens with zero attached hydrogens (tertiary/aromatic N) is 2. The SMILES string of the molecule is CCS(=O)(=O)Nc1cccc(C2=NN(S(=O)(=O)c3cccc(F)c3)[C@H](c3ccc(F)cc3)C2)c1. The van der Waals surface area contributed by atoms with E-state index >= 15 is 0 Å². The van der Waals surface area contributed by atoms with Crippen molar-refractivity contribution in [2.24, 2.45) is 5.10 Å². The number of nitrogens with one attached hydrogen (secondary N) is 1. The summed E-state index contributed by atoms with van der Waals surface area (Å²) >= 11 is 0. The highest BCUT2D eigenvalue weighted by molar-refractivity contribution is 7.92. The van der Waals surface area contributed by atoms with Crippen LogP contribution in [0.5, 0.6) is 0 Å². The molecular formula is C23H21F2N3O4S2. The predicted molar refractivity (Wildman–Crippen MR) is 125 cm³/mol. The van der Waals surface area contributed by atoms with Crippen LogP contribution in [0.15, 0.2) is 82.8 Å². The van der Waals surface area contributed by atoms with Gasteiger partial charge in [-0.25, -0.2) is 17.2 Å². The van der Waals surface area contributed by atoms with Crippen molar-refractivity contribution in [1.82, 2.24) is 4.41 Å². The Hall–Kier alpha value is -3.31. The van der Waals surface area contributed by atoms with E-state index < -0.39 is 37.7 Å². The molecule has 3 aromatic rings. The van der Waals surface area contributed by atoms with Crippen LogP contribution in [0.4, 0.5) is 14.5 Å². The highest BCUT2D eigenvalue weighted by Gasteiger charge is 2.38. The van der Waals surface area contributed by atoms with Crippen LogP contribution in [0.25, 0.3) is 0 Å². The fraction of sp³-hybridized carbons (Fsp3) is 0.174. The van der Waals surface area contributed by atoms with Gasteiger partial charge in [0.1, 0.15) is 11.6 Å². The van der Waals surface area contributed by atoms with Crippen LogP contribution < -0.4 is 4.72 Å². The van der Waals surface area contributed by atoms with Gasteiger partial charge in [-0.05, 0) is 60.5 Å². The number of halogens is 2. The number of sulfonamides is 2. The van der Waals surface area contributed by atoms with E-state index in [2.05, 4.69) is 9.82 Å². The van der Waals surface area contributed by atoms with Crippen molar-refractivity contribution < 1.29 is 25.6 Å². The minimum absolute atomic E-state index is 0.107. The summed E-state index contributed by atoms with van der Waals surface area (Å²) in [5, 5.41) is 4.34. The number of anilines is 1. The molecule has 1 aliphatic rings. The van der Waals surface area contributed by atoms with Gasteiger partial charge in [0.05, 0.1) is 22.4 Å². The zero-order valence-electron chi connectivity index (χ0n) is 18.0. The number of hydrazone groups is 1. The van der Waals surface area contributed by atoms with Crippen molar-refractivity contribution in [3.63, 3.8) is 0 Å². The van der Waals surface area contributed by atoms with Crippen molar-refractivity contribution in [3.05, 3.63) is 95.6 Å². The molecule has 1 N–H and O–H groups in total. The van der Waals surface area contributed by atoms with Gasteiger partial charge < -0.3 is 0 Å². The van der Waals surface area contributed by atoms with E-state index in [1.165, 1.54) is 43.3 Å². The molecule has 0 aliphatic carbocycles. The van der Waals surface area contributed by atoms with Gasteiger partial charge in [-0.3, -0.25) is 4.72 Å². The Kier molecular flexibility index (Phi) is 6.41. The Morgan fingerprint density at radius 3 is 2.32 bits per heavy atom. The summed E-state index contributed by atoms with van der Waals surface area (Å²) in [4.78, 5) is -0.269. The van der Waals surface area contributed by atoms with E-state index in [0.717, 1.165) is 16.5 Å². The summed E-state index contributed by atoms with van der Waals surface area (Å²) in [5.41, 5.74) is 1.71. The topological polar surface area (TPSA) is 95.9 Å². The highest BCUT2D eigenvalue weighted by Crippen LogP contribution is 2.37. The van der Waals surface area contributed by atoms with Crippen LogP contribution in [0.2, 0.25) is 0 Å². The van der Waals surface area contributed by atoms with Crippen LogP contribution in [0.1, 0.15) is 30.5 Å². The van der Waals surface area contributed by atoms with Gasteiger partial charge in [-0.1, -0.05) is 30.3 Å². The van der Waals surface area contributed by atoms with Gasteiger partial charge in [0.15, 0.2) is 0 Å². The first-order chi connectivity index (χ1) is 16.1. The summed E-state index contributed by atoms with van der Waals surface area (Å²) in [6.45, 7) is 1.51. The Bertz CT molecular complexity index is 1460. The molecule has 0 radical (unpaired) electrons. The number of rotatable bonds is 7. The van der Waals surface area contributed by atoms with E-state index in [9.17, 15) is 25.6 Å². The van der Waals surface area contributed by atoms with Crippen LogP contribution in [0, 0.1) is 11.6 Å². The second-order valence-electron chi connectivity index (χ2n) is 7.64. The summed E-state index contributed by atoms with van der Waals surface area (Å²) < 4.78 is 81.3. The van der Waals surface area contributed by atoms with Crippen molar-refractivity contribution in [2.45, 2.75) is 24.3 Å². The summed E-state index contributed by atoms with van der Waals surface area (Å²) in [7, 11) is -7.76. The monoisotopic (exact) mass is 505 g/mol. The van der Waals surface area contributed by atoms with Crippen LogP contribution in [-0.2, 0) is 20.0 Å². The van der Waals surface area contributed by atoms with Crippen LogP contribution in [0.3, 0.4) is 0 Å². The lowest BCUT2D eigenvalue weighted by atomic mass is 9.99. The molecule has 11 heteroatoms. The van der Waals surface area contributed by atoms with Gasteiger partial charge in [0.25, 0.3) is 10.0 Å². The molecule has 178 valence electrons. The molecule has 0 fully saturated rings. The largest absolute Gasteiger partial charge is 0.284 e. The molecule has 1 aliphatic heterocycles. The van der Waals surface area contributed by atoms with Gasteiger partial charge in [0.2, 0.25) is 10.0 Å². The molecule has 3 aromatic carbocycles. The lowest BCUT2D eigenvalue weighted by Crippen LogP contribution is -2.27. The minimum atomic E-state index is -4.25. The molecule has 4 rings (SSSR count). The molecule has 0 spiro atoms. The third-order valence-corrected chi connectivity index (χ3v) is 8.30. The van der Waals surface area contributed by atoms with Crippen molar-refractivity contribution >= 4 is 31.4 Å². The number of benzene rings is 3. The Morgan fingerprint density at radius 2 is 1.65 bits per heavy atom. The Balaban J connectivity index is 1.77. The maximum atomic E-state index is 13.8. The van der Waals surface area contributed by atoms with Crippen LogP contribution >= 0.6 is 0 Å². The molecule has 1 atom stereocenters. The van der Waals surface area contributed by atoms with Gasteiger partial charge >= 0.3 is 0 Å². The number of hydrogen-bond acceptors (Lipinski definition) is 5. The van der Waals surface area contributed by atoms with E-state index in [4.69, 9.17) is 0 Å². The lowest BCUT2D eigenvalue weighted by molar-refractivity contribution is 0.371. The molecule has 0 bridgehead atoms. The van der Waals surface area contributed by atoms with Gasteiger partial charge in [0, 0.05) is 12.1 Å². The third-order valence-electron chi connectivity index (χ3n) is 5.32. The van der Waals surface area contributed by atoms with Crippen LogP contribution in [-0.4, -0.2) is 32.7 Å². The van der Waals surface area contributed by atoms with Gasteiger partial charge in [-0.15, -0.1) is 0 Å². The summed E-state index contributed by atoms with van der Waals surface area (Å²) in [6.07, 6.45) is 0.143. The maximum absolute atomic E-state index is 13.8. The van der Waals surface area contributed by atoms with Gasteiger partial charge in [-0.2, -0.15) is 17.9 Å². The smallest absolute Gasteiger partial charge is 0.279 e. The fourth-order valence-electron chi connectivity index (χ4n) is 3.57. The summed E-state index contributed by atoms with van der Waals surface area (Å²) in [5.74, 6) is -1.29. The molecule has 0 aromatic heterocycles. The average molecular weight is 506 g/mol. The lowest BCUT2D eigenvalue weighted by Gasteiger charge is -2.23. The number of hydrogen-bond donors (Lipinski definition) is 1. The second kappa shape index (κ2) is 9.15. The molecule has 0 saturated heterocycles. The third kappa shape index (κ3) is 4.95. The molecule has 34 heavy (non-hydrogen) atoms. The van der Waals surface area contributed by atoms with Crippen molar-refractivity contribution in [3.8, 4) is 0 Å². The van der Waals surface area contributed by atoms with Crippen molar-refractivity contribution in [2.75, 3.05) is 10.5 Å². The zero-order valence-corrected chi connectivity index (χ0v) is 19.7. The molecule has 0 saturated carbocycles. The first-order valence-electron chi connectivity index (χ1n) is 10.3. The quantitative estimate of drug-likeness (QED) is 0.519. The average Bonchev–Trinajstić information content (AvgIpc) is 3.26. The molecular weight excluding hydrogens is 484 g/mol. The van der Waals surface area contributed by atoms with E-state index in [1.54, 1.807) is 24.3 Å². The predicted octanol–water partition coefficient (Wildman–Crippen LogP) is 4.27. The Labute approximate surface area is 196 Å². The standard InChI is InChI=1S/C23H21F2N3O4S2/c1-2-33(29,30)27-20-7-3-5-17(13-20)22-15-23(16-9-11-18(24)12-10-16)28(26-22)34(31,32)21-8-4-6-19(25)14-21/h3-14,23,27H,2,15H2,1H3/t23-/m0/s1. The molecule has 0 unspecified atom stereocenters. The van der Waals surface area contributed by atoms with Crippen molar-refractivity contribution in [1.29, 1.82) is 0 Å². The van der Waals surface area contributed by atoms with E-state index in [0.29, 0.717) is 22.5 Å². The highest BCUT2D eigenvalue weighted by atomic mass is 32.2. The normalized spacial score (nSPS) is 16.4. The van der Waals surface area contributed by atoms with E-state index in [-0.39, 0.29) is 17.1 Å². The first-order valence-corrected chi connectivity index (χ1v) is 13.4.